The molecule has 1 N–H and O–H groups in total. The summed E-state index contributed by atoms with van der Waals surface area (Å²) in [5, 5.41) is 3.30. The van der Waals surface area contributed by atoms with Crippen LogP contribution >= 0.6 is 11.3 Å². The van der Waals surface area contributed by atoms with Gasteiger partial charge in [-0.15, -0.1) is 17.9 Å². The smallest absolute Gasteiger partial charge is 0.310 e. The summed E-state index contributed by atoms with van der Waals surface area (Å²) in [6.45, 7) is 6.69. The fourth-order valence-electron chi connectivity index (χ4n) is 1.45. The summed E-state index contributed by atoms with van der Waals surface area (Å²) in [6.07, 6.45) is 3.09. The number of rotatable bonds is 10. The van der Waals surface area contributed by atoms with Gasteiger partial charge >= 0.3 is 5.97 Å². The summed E-state index contributed by atoms with van der Waals surface area (Å²) in [5.74, 6) is -0.197. The summed E-state index contributed by atoms with van der Waals surface area (Å²) in [4.78, 5) is 13.4. The predicted octanol–water partition coefficient (Wildman–Crippen LogP) is 2.15. The predicted molar refractivity (Wildman–Crippen MR) is 77.4 cm³/mol. The quantitative estimate of drug-likeness (QED) is 0.406. The maximum atomic E-state index is 11.1. The van der Waals surface area contributed by atoms with E-state index in [4.69, 9.17) is 4.74 Å². The highest BCUT2D eigenvalue weighted by Gasteiger charge is 2.05. The molecule has 0 spiro atoms. The zero-order valence-electron chi connectivity index (χ0n) is 11.3. The monoisotopic (exact) mass is 283 g/mol. The van der Waals surface area contributed by atoms with Gasteiger partial charge in [0.1, 0.15) is 0 Å². The minimum atomic E-state index is -0.197. The lowest BCUT2D eigenvalue weighted by molar-refractivity contribution is -0.139. The van der Waals surface area contributed by atoms with Crippen molar-refractivity contribution >= 4 is 17.3 Å². The molecule has 0 saturated heterocycles. The number of thiophene rings is 1. The first kappa shape index (κ1) is 15.9. The molecular weight excluding hydrogens is 262 g/mol. The third-order valence-corrected chi connectivity index (χ3v) is 3.54. The van der Waals surface area contributed by atoms with Gasteiger partial charge < -0.3 is 14.8 Å². The molecule has 0 bridgehead atoms. The van der Waals surface area contributed by atoms with Crippen molar-refractivity contribution in [3.05, 3.63) is 34.5 Å². The molecule has 106 valence electrons. The molecule has 1 aromatic heterocycles. The van der Waals surface area contributed by atoms with Crippen molar-refractivity contribution in [3.8, 4) is 0 Å². The van der Waals surface area contributed by atoms with E-state index in [1.165, 1.54) is 12.0 Å². The maximum absolute atomic E-state index is 11.1. The van der Waals surface area contributed by atoms with Gasteiger partial charge in [0, 0.05) is 22.8 Å². The van der Waals surface area contributed by atoms with E-state index in [0.29, 0.717) is 13.0 Å². The molecule has 0 aliphatic rings. The SMILES string of the molecule is C=CCCOCCNCc1ccc(CC(=O)OC)s1. The molecule has 0 fully saturated rings. The van der Waals surface area contributed by atoms with Crippen LogP contribution in [0.3, 0.4) is 0 Å². The Labute approximate surface area is 118 Å². The Kier molecular flexibility index (Phi) is 8.13. The molecule has 0 saturated carbocycles. The molecular formula is C14H21NO3S. The second kappa shape index (κ2) is 9.72. The lowest BCUT2D eigenvalue weighted by Crippen LogP contribution is -2.18. The van der Waals surface area contributed by atoms with Gasteiger partial charge in [0.25, 0.3) is 0 Å². The summed E-state index contributed by atoms with van der Waals surface area (Å²) >= 11 is 1.63. The number of esters is 1. The molecule has 5 heteroatoms. The Morgan fingerprint density at radius 3 is 2.95 bits per heavy atom. The van der Waals surface area contributed by atoms with E-state index in [-0.39, 0.29) is 5.97 Å². The zero-order valence-corrected chi connectivity index (χ0v) is 12.1. The van der Waals surface area contributed by atoms with E-state index in [0.717, 1.165) is 31.0 Å². The van der Waals surface area contributed by atoms with E-state index in [1.807, 2.05) is 18.2 Å². The zero-order chi connectivity index (χ0) is 13.9. The molecule has 4 nitrogen and oxygen atoms in total. The minimum absolute atomic E-state index is 0.197. The lowest BCUT2D eigenvalue weighted by atomic mass is 10.3. The number of carbonyl (C=O) groups is 1. The van der Waals surface area contributed by atoms with E-state index in [2.05, 4.69) is 16.6 Å². The molecule has 0 radical (unpaired) electrons. The Bertz CT molecular complexity index is 390. The number of ether oxygens (including phenoxy) is 2. The van der Waals surface area contributed by atoms with Crippen molar-refractivity contribution < 1.29 is 14.3 Å². The number of hydrogen-bond donors (Lipinski definition) is 1. The van der Waals surface area contributed by atoms with Crippen molar-refractivity contribution in [2.75, 3.05) is 26.9 Å². The second-order valence-electron chi connectivity index (χ2n) is 3.99. The number of hydrogen-bond acceptors (Lipinski definition) is 5. The molecule has 19 heavy (non-hydrogen) atoms. The van der Waals surface area contributed by atoms with Crippen LogP contribution in [0.5, 0.6) is 0 Å². The first-order valence-electron chi connectivity index (χ1n) is 6.30. The minimum Gasteiger partial charge on any atom is -0.469 e. The van der Waals surface area contributed by atoms with Crippen LogP contribution < -0.4 is 5.32 Å². The highest BCUT2D eigenvalue weighted by Crippen LogP contribution is 2.17. The van der Waals surface area contributed by atoms with Crippen LogP contribution in [0.25, 0.3) is 0 Å². The van der Waals surface area contributed by atoms with E-state index in [9.17, 15) is 4.79 Å². The maximum Gasteiger partial charge on any atom is 0.310 e. The summed E-state index contributed by atoms with van der Waals surface area (Å²) < 4.78 is 10.0. The molecule has 0 aliphatic heterocycles. The summed E-state index contributed by atoms with van der Waals surface area (Å²) in [6, 6.07) is 4.01. The van der Waals surface area contributed by atoms with Gasteiger partial charge in [-0.05, 0) is 18.6 Å². The van der Waals surface area contributed by atoms with Crippen molar-refractivity contribution in [1.82, 2.24) is 5.32 Å². The Morgan fingerprint density at radius 2 is 2.21 bits per heavy atom. The Hall–Kier alpha value is -1.17. The third-order valence-electron chi connectivity index (χ3n) is 2.45. The molecule has 1 heterocycles. The van der Waals surface area contributed by atoms with Crippen molar-refractivity contribution in [1.29, 1.82) is 0 Å². The summed E-state index contributed by atoms with van der Waals surface area (Å²) in [5.41, 5.74) is 0. The second-order valence-corrected chi connectivity index (χ2v) is 5.24. The summed E-state index contributed by atoms with van der Waals surface area (Å²) in [7, 11) is 1.41. The van der Waals surface area contributed by atoms with Crippen LogP contribution in [0.15, 0.2) is 24.8 Å². The normalized spacial score (nSPS) is 10.4. The Morgan fingerprint density at radius 1 is 1.42 bits per heavy atom. The van der Waals surface area contributed by atoms with Crippen LogP contribution in [0.1, 0.15) is 16.2 Å². The average molecular weight is 283 g/mol. The van der Waals surface area contributed by atoms with Gasteiger partial charge in [-0.3, -0.25) is 4.79 Å². The van der Waals surface area contributed by atoms with Crippen LogP contribution in [0.2, 0.25) is 0 Å². The van der Waals surface area contributed by atoms with Gasteiger partial charge in [0.2, 0.25) is 0 Å². The first-order valence-corrected chi connectivity index (χ1v) is 7.11. The van der Waals surface area contributed by atoms with E-state index < -0.39 is 0 Å². The van der Waals surface area contributed by atoms with Crippen LogP contribution in [0, 0.1) is 0 Å². The van der Waals surface area contributed by atoms with Crippen LogP contribution in [-0.2, 0) is 27.2 Å². The van der Waals surface area contributed by atoms with Crippen LogP contribution in [0.4, 0.5) is 0 Å². The number of carbonyl (C=O) groups excluding carboxylic acids is 1. The highest BCUT2D eigenvalue weighted by atomic mass is 32.1. The molecule has 0 aromatic carbocycles. The molecule has 0 aliphatic carbocycles. The highest BCUT2D eigenvalue weighted by molar-refractivity contribution is 7.12. The van der Waals surface area contributed by atoms with Crippen molar-refractivity contribution in [3.63, 3.8) is 0 Å². The molecule has 0 unspecified atom stereocenters. The molecule has 0 atom stereocenters. The molecule has 0 amide bonds. The van der Waals surface area contributed by atoms with Crippen LogP contribution in [-0.4, -0.2) is 32.8 Å². The Balaban J connectivity index is 2.12. The van der Waals surface area contributed by atoms with Gasteiger partial charge in [0.15, 0.2) is 0 Å². The fraction of sp³-hybridized carbons (Fsp3) is 0.500. The fourth-order valence-corrected chi connectivity index (χ4v) is 2.42. The van der Waals surface area contributed by atoms with Crippen molar-refractivity contribution in [2.45, 2.75) is 19.4 Å². The largest absolute Gasteiger partial charge is 0.469 e. The topological polar surface area (TPSA) is 47.6 Å². The van der Waals surface area contributed by atoms with Gasteiger partial charge in [0.05, 0.1) is 26.7 Å². The molecule has 1 aromatic rings. The third kappa shape index (κ3) is 7.10. The first-order chi connectivity index (χ1) is 9.26. The number of nitrogens with one attached hydrogen (secondary N) is 1. The average Bonchev–Trinajstić information content (AvgIpc) is 2.85. The lowest BCUT2D eigenvalue weighted by Gasteiger charge is -2.03. The van der Waals surface area contributed by atoms with E-state index in [1.54, 1.807) is 11.3 Å². The van der Waals surface area contributed by atoms with Gasteiger partial charge in [-0.2, -0.15) is 0 Å². The van der Waals surface area contributed by atoms with Gasteiger partial charge in [-0.25, -0.2) is 0 Å². The van der Waals surface area contributed by atoms with E-state index >= 15 is 0 Å². The standard InChI is InChI=1S/C14H21NO3S/c1-3-4-8-18-9-7-15-11-13-6-5-12(19-13)10-14(16)17-2/h3,5-6,15H,1,4,7-11H2,2H3. The van der Waals surface area contributed by atoms with Crippen molar-refractivity contribution in [2.24, 2.45) is 0 Å². The number of methoxy groups -OCH3 is 1. The van der Waals surface area contributed by atoms with Gasteiger partial charge in [-0.1, -0.05) is 6.08 Å². The molecule has 1 rings (SSSR count).